The monoisotopic (exact) mass is 325 g/mol. The van der Waals surface area contributed by atoms with Crippen LogP contribution in [0.1, 0.15) is 5.56 Å². The molecule has 19 heavy (non-hydrogen) atoms. The number of ether oxygens (including phenoxy) is 1. The molecule has 0 aromatic heterocycles. The summed E-state index contributed by atoms with van der Waals surface area (Å²) in [7, 11) is 0. The van der Waals surface area contributed by atoms with Gasteiger partial charge >= 0.3 is 5.69 Å². The minimum absolute atomic E-state index is 0.0476. The first-order chi connectivity index (χ1) is 9.06. The number of halogens is 2. The molecule has 0 spiro atoms. The fourth-order valence-electron chi connectivity index (χ4n) is 1.54. The summed E-state index contributed by atoms with van der Waals surface area (Å²) in [6, 6.07) is 10.6. The number of nitro benzene ring substituents is 1. The second kappa shape index (κ2) is 5.79. The highest BCUT2D eigenvalue weighted by molar-refractivity contribution is 9.10. The first kappa shape index (κ1) is 13.5. The van der Waals surface area contributed by atoms with Gasteiger partial charge in [0.15, 0.2) is 5.75 Å². The van der Waals surface area contributed by atoms with Gasteiger partial charge in [0.2, 0.25) is 0 Å². The molecule has 4 nitrogen and oxygen atoms in total. The molecule has 0 saturated carbocycles. The maximum Gasteiger partial charge on any atom is 0.313 e. The average Bonchev–Trinajstić information content (AvgIpc) is 2.37. The predicted octanol–water partition coefficient (Wildman–Crippen LogP) is 4.08. The molecule has 6 heteroatoms. The number of nitro groups is 1. The highest BCUT2D eigenvalue weighted by Crippen LogP contribution is 2.28. The largest absolute Gasteiger partial charge is 0.482 e. The van der Waals surface area contributed by atoms with Crippen LogP contribution in [0.4, 0.5) is 10.1 Å². The molecule has 2 rings (SSSR count). The Bertz CT molecular complexity index is 619. The van der Waals surface area contributed by atoms with E-state index in [-0.39, 0.29) is 18.0 Å². The van der Waals surface area contributed by atoms with E-state index in [0.717, 1.165) is 22.2 Å². The second-order valence-electron chi connectivity index (χ2n) is 3.79. The fourth-order valence-corrected chi connectivity index (χ4v) is 1.99. The van der Waals surface area contributed by atoms with Gasteiger partial charge in [0.25, 0.3) is 0 Å². The van der Waals surface area contributed by atoms with Crippen LogP contribution in [-0.2, 0) is 6.61 Å². The van der Waals surface area contributed by atoms with Crippen LogP contribution in [0.5, 0.6) is 5.75 Å². The Balaban J connectivity index is 2.17. The molecular formula is C13H9BrFNO3. The number of rotatable bonds is 4. The molecule has 0 N–H and O–H groups in total. The van der Waals surface area contributed by atoms with Crippen LogP contribution < -0.4 is 4.74 Å². The van der Waals surface area contributed by atoms with E-state index in [1.807, 2.05) is 24.3 Å². The molecule has 0 aliphatic carbocycles. The highest BCUT2D eigenvalue weighted by Gasteiger charge is 2.16. The Labute approximate surface area is 117 Å². The smallest absolute Gasteiger partial charge is 0.313 e. The lowest BCUT2D eigenvalue weighted by Gasteiger charge is -2.07. The summed E-state index contributed by atoms with van der Waals surface area (Å²) in [6.45, 7) is 0.173. The fraction of sp³-hybridized carbons (Fsp3) is 0.0769. The Morgan fingerprint density at radius 1 is 1.26 bits per heavy atom. The van der Waals surface area contributed by atoms with Crippen molar-refractivity contribution in [2.45, 2.75) is 6.61 Å². The van der Waals surface area contributed by atoms with Crippen LogP contribution in [0.15, 0.2) is 46.9 Å². The topological polar surface area (TPSA) is 52.4 Å². The minimum atomic E-state index is -0.667. The molecule has 0 bridgehead atoms. The van der Waals surface area contributed by atoms with Crippen LogP contribution in [0.2, 0.25) is 0 Å². The van der Waals surface area contributed by atoms with E-state index >= 15 is 0 Å². The van der Waals surface area contributed by atoms with E-state index < -0.39 is 10.7 Å². The Morgan fingerprint density at radius 3 is 2.74 bits per heavy atom. The van der Waals surface area contributed by atoms with Gasteiger partial charge in [0, 0.05) is 4.47 Å². The Kier molecular flexibility index (Phi) is 4.11. The zero-order chi connectivity index (χ0) is 13.8. The number of nitrogens with zero attached hydrogens (tertiary/aromatic N) is 1. The van der Waals surface area contributed by atoms with Crippen molar-refractivity contribution in [1.82, 2.24) is 0 Å². The van der Waals surface area contributed by atoms with Gasteiger partial charge in [-0.25, -0.2) is 4.39 Å². The van der Waals surface area contributed by atoms with Gasteiger partial charge in [0.05, 0.1) is 11.0 Å². The van der Waals surface area contributed by atoms with Crippen LogP contribution in [-0.4, -0.2) is 4.92 Å². The Hall–Kier alpha value is -1.95. The van der Waals surface area contributed by atoms with Crippen molar-refractivity contribution in [3.8, 4) is 5.75 Å². The molecule has 98 valence electrons. The summed E-state index contributed by atoms with van der Waals surface area (Å²) in [5, 5.41) is 10.8. The quantitative estimate of drug-likeness (QED) is 0.628. The van der Waals surface area contributed by atoms with E-state index in [1.54, 1.807) is 0 Å². The highest BCUT2D eigenvalue weighted by atomic mass is 79.9. The van der Waals surface area contributed by atoms with Crippen LogP contribution in [0.25, 0.3) is 0 Å². The van der Waals surface area contributed by atoms with E-state index in [0.29, 0.717) is 0 Å². The zero-order valence-electron chi connectivity index (χ0n) is 9.68. The summed E-state index contributed by atoms with van der Waals surface area (Å²) < 4.78 is 19.2. The van der Waals surface area contributed by atoms with Crippen molar-refractivity contribution in [2.24, 2.45) is 0 Å². The van der Waals surface area contributed by atoms with E-state index in [1.165, 1.54) is 6.07 Å². The molecule has 0 aliphatic rings. The summed E-state index contributed by atoms with van der Waals surface area (Å²) in [5.74, 6) is -0.618. The number of benzene rings is 2. The zero-order valence-corrected chi connectivity index (χ0v) is 11.3. The van der Waals surface area contributed by atoms with Gasteiger partial charge in [0.1, 0.15) is 12.4 Å². The number of hydrogen-bond donors (Lipinski definition) is 0. The van der Waals surface area contributed by atoms with E-state index in [2.05, 4.69) is 15.9 Å². The molecule has 0 heterocycles. The molecule has 0 saturated heterocycles. The lowest BCUT2D eigenvalue weighted by atomic mass is 10.2. The first-order valence-electron chi connectivity index (χ1n) is 5.37. The van der Waals surface area contributed by atoms with Gasteiger partial charge in [-0.05, 0) is 29.8 Å². The van der Waals surface area contributed by atoms with Crippen molar-refractivity contribution in [3.63, 3.8) is 0 Å². The summed E-state index contributed by atoms with van der Waals surface area (Å²) in [6.07, 6.45) is 0. The molecule has 2 aromatic carbocycles. The normalized spacial score (nSPS) is 10.2. The molecule has 0 unspecified atom stereocenters. The lowest BCUT2D eigenvalue weighted by molar-refractivity contribution is -0.386. The van der Waals surface area contributed by atoms with Crippen molar-refractivity contribution < 1.29 is 14.1 Å². The summed E-state index contributed by atoms with van der Waals surface area (Å²) >= 11 is 3.32. The van der Waals surface area contributed by atoms with Gasteiger partial charge in [-0.1, -0.05) is 28.1 Å². The van der Waals surface area contributed by atoms with E-state index in [4.69, 9.17) is 4.74 Å². The molecule has 0 amide bonds. The third-order valence-electron chi connectivity index (χ3n) is 2.40. The number of hydrogen-bond acceptors (Lipinski definition) is 3. The molecule has 0 radical (unpaired) electrons. The van der Waals surface area contributed by atoms with Gasteiger partial charge in [-0.15, -0.1) is 0 Å². The van der Waals surface area contributed by atoms with Crippen molar-refractivity contribution >= 4 is 21.6 Å². The van der Waals surface area contributed by atoms with Gasteiger partial charge < -0.3 is 4.74 Å². The molecule has 0 atom stereocenters. The minimum Gasteiger partial charge on any atom is -0.482 e. The molecule has 0 aliphatic heterocycles. The van der Waals surface area contributed by atoms with E-state index in [9.17, 15) is 14.5 Å². The van der Waals surface area contributed by atoms with Crippen LogP contribution in [0, 0.1) is 15.9 Å². The van der Waals surface area contributed by atoms with Crippen molar-refractivity contribution in [2.75, 3.05) is 0 Å². The van der Waals surface area contributed by atoms with Gasteiger partial charge in [-0.3, -0.25) is 10.1 Å². The standard InChI is InChI=1S/C13H9BrFNO3/c14-10-3-1-2-9(6-10)8-19-13-5-4-11(15)7-12(13)16(17)18/h1-7H,8H2. The van der Waals surface area contributed by atoms with Gasteiger partial charge in [-0.2, -0.15) is 0 Å². The van der Waals surface area contributed by atoms with Crippen molar-refractivity contribution in [3.05, 3.63) is 68.4 Å². The first-order valence-corrected chi connectivity index (χ1v) is 6.17. The molecule has 0 fully saturated rings. The van der Waals surface area contributed by atoms with Crippen LogP contribution in [0.3, 0.4) is 0 Å². The van der Waals surface area contributed by atoms with Crippen LogP contribution >= 0.6 is 15.9 Å². The SMILES string of the molecule is O=[N+]([O-])c1cc(F)ccc1OCc1cccc(Br)c1. The third kappa shape index (κ3) is 3.51. The third-order valence-corrected chi connectivity index (χ3v) is 2.89. The predicted molar refractivity (Wildman–Crippen MR) is 71.5 cm³/mol. The molecule has 2 aromatic rings. The summed E-state index contributed by atoms with van der Waals surface area (Å²) in [5.41, 5.74) is 0.475. The second-order valence-corrected chi connectivity index (χ2v) is 4.70. The molecular weight excluding hydrogens is 317 g/mol. The average molecular weight is 326 g/mol. The Morgan fingerprint density at radius 2 is 2.05 bits per heavy atom. The summed E-state index contributed by atoms with van der Waals surface area (Å²) in [4.78, 5) is 10.1. The lowest BCUT2D eigenvalue weighted by Crippen LogP contribution is -1.99. The maximum atomic E-state index is 13.0. The maximum absolute atomic E-state index is 13.0. The van der Waals surface area contributed by atoms with Crippen molar-refractivity contribution in [1.29, 1.82) is 0 Å².